The minimum Gasteiger partial charge on any atom is -0.339 e. The van der Waals surface area contributed by atoms with Crippen LogP contribution in [0.5, 0.6) is 0 Å². The molecule has 2 atom stereocenters. The molecule has 0 saturated carbocycles. The van der Waals surface area contributed by atoms with Gasteiger partial charge in [-0.2, -0.15) is 0 Å². The molecule has 2 aliphatic rings. The van der Waals surface area contributed by atoms with Gasteiger partial charge in [-0.05, 0) is 55.2 Å². The van der Waals surface area contributed by atoms with E-state index in [0.717, 1.165) is 11.1 Å². The molecule has 0 bridgehead atoms. The molecule has 2 amide bonds. The quantitative estimate of drug-likeness (QED) is 0.816. The summed E-state index contributed by atoms with van der Waals surface area (Å²) in [6.07, 6.45) is 1.47. The smallest absolute Gasteiger partial charge is 0.253 e. The van der Waals surface area contributed by atoms with E-state index in [0.29, 0.717) is 50.1 Å². The van der Waals surface area contributed by atoms with Crippen molar-refractivity contribution >= 4 is 11.8 Å². The van der Waals surface area contributed by atoms with Gasteiger partial charge in [0.1, 0.15) is 0 Å². The van der Waals surface area contributed by atoms with Crippen LogP contribution in [0.15, 0.2) is 36.4 Å². The van der Waals surface area contributed by atoms with Crippen LogP contribution in [0.1, 0.15) is 45.8 Å². The number of halogens is 2. The van der Waals surface area contributed by atoms with E-state index < -0.39 is 17.7 Å². The third-order valence-corrected chi connectivity index (χ3v) is 6.42. The Morgan fingerprint density at radius 3 is 2.45 bits per heavy atom. The molecule has 2 aromatic rings. The fraction of sp³-hybridized carbons (Fsp3) is 0.417. The average molecular weight is 427 g/mol. The van der Waals surface area contributed by atoms with Crippen LogP contribution >= 0.6 is 0 Å². The first-order chi connectivity index (χ1) is 14.8. The van der Waals surface area contributed by atoms with E-state index in [1.165, 1.54) is 12.1 Å². The number of benzene rings is 2. The maximum atomic E-state index is 13.7. The van der Waals surface area contributed by atoms with Crippen LogP contribution in [0.25, 0.3) is 0 Å². The summed E-state index contributed by atoms with van der Waals surface area (Å²) >= 11 is 0. The van der Waals surface area contributed by atoms with Crippen molar-refractivity contribution in [2.24, 2.45) is 5.73 Å². The Kier molecular flexibility index (Phi) is 6.05. The lowest BCUT2D eigenvalue weighted by Gasteiger charge is -2.35. The summed E-state index contributed by atoms with van der Waals surface area (Å²) in [5.74, 6) is -1.96. The number of nitrogens with zero attached hydrogens (tertiary/aromatic N) is 2. The van der Waals surface area contributed by atoms with Gasteiger partial charge >= 0.3 is 0 Å². The highest BCUT2D eigenvalue weighted by Gasteiger charge is 2.32. The molecule has 2 unspecified atom stereocenters. The minimum absolute atomic E-state index is 0.0238. The Labute approximate surface area is 180 Å². The van der Waals surface area contributed by atoms with Gasteiger partial charge < -0.3 is 15.5 Å². The fourth-order valence-electron chi connectivity index (χ4n) is 4.67. The normalized spacial score (nSPS) is 19.3. The first kappa shape index (κ1) is 21.4. The van der Waals surface area contributed by atoms with E-state index in [1.54, 1.807) is 15.9 Å². The van der Waals surface area contributed by atoms with Crippen molar-refractivity contribution in [1.82, 2.24) is 9.80 Å². The summed E-state index contributed by atoms with van der Waals surface area (Å²) in [7, 11) is 0. The van der Waals surface area contributed by atoms with Crippen molar-refractivity contribution in [3.63, 3.8) is 0 Å². The average Bonchev–Trinajstić information content (AvgIpc) is 3.16. The van der Waals surface area contributed by atoms with Crippen molar-refractivity contribution in [2.75, 3.05) is 26.2 Å². The summed E-state index contributed by atoms with van der Waals surface area (Å²) in [4.78, 5) is 29.0. The molecule has 1 aliphatic carbocycles. The van der Waals surface area contributed by atoms with Crippen molar-refractivity contribution in [3.05, 3.63) is 70.3 Å². The Hall–Kier alpha value is -2.80. The van der Waals surface area contributed by atoms with Crippen LogP contribution < -0.4 is 5.73 Å². The topological polar surface area (TPSA) is 66.6 Å². The predicted molar refractivity (Wildman–Crippen MR) is 114 cm³/mol. The highest BCUT2D eigenvalue weighted by atomic mass is 19.2. The summed E-state index contributed by atoms with van der Waals surface area (Å²) in [5, 5.41) is 0. The predicted octanol–water partition coefficient (Wildman–Crippen LogP) is 3.01. The number of aryl methyl sites for hydroxylation is 2. The maximum Gasteiger partial charge on any atom is 0.253 e. The lowest BCUT2D eigenvalue weighted by Crippen LogP contribution is -2.51. The van der Waals surface area contributed by atoms with Crippen LogP contribution in [0.3, 0.4) is 0 Å². The molecule has 31 heavy (non-hydrogen) atoms. The van der Waals surface area contributed by atoms with Crippen LogP contribution in [-0.4, -0.2) is 53.8 Å². The van der Waals surface area contributed by atoms with Crippen LogP contribution in [0, 0.1) is 18.6 Å². The van der Waals surface area contributed by atoms with Gasteiger partial charge in [-0.15, -0.1) is 0 Å². The number of rotatable bonds is 4. The molecule has 0 aromatic heterocycles. The summed E-state index contributed by atoms with van der Waals surface area (Å²) in [6.45, 7) is 3.83. The molecule has 1 saturated heterocycles. The van der Waals surface area contributed by atoms with Crippen LogP contribution in [-0.2, 0) is 11.2 Å². The van der Waals surface area contributed by atoms with Gasteiger partial charge in [0, 0.05) is 50.1 Å². The first-order valence-corrected chi connectivity index (χ1v) is 10.7. The van der Waals surface area contributed by atoms with Crippen molar-refractivity contribution in [1.29, 1.82) is 0 Å². The summed E-state index contributed by atoms with van der Waals surface area (Å²) in [6, 6.07) is 9.50. The zero-order valence-electron chi connectivity index (χ0n) is 17.6. The SMILES string of the molecule is Cc1cccc(C(=O)N2CCN(C(=O)CC(N)C3CCc4cc(F)c(F)cc43)CC2)c1. The zero-order chi connectivity index (χ0) is 22.1. The number of hydrogen-bond acceptors (Lipinski definition) is 3. The number of piperazine rings is 1. The van der Waals surface area contributed by atoms with Gasteiger partial charge in [0.25, 0.3) is 5.91 Å². The van der Waals surface area contributed by atoms with Crippen LogP contribution in [0.2, 0.25) is 0 Å². The molecule has 1 heterocycles. The molecule has 1 aliphatic heterocycles. The largest absolute Gasteiger partial charge is 0.339 e. The number of fused-ring (bicyclic) bond motifs is 1. The molecule has 2 aromatic carbocycles. The Bertz CT molecular complexity index is 1000. The Morgan fingerprint density at radius 1 is 1.06 bits per heavy atom. The second-order valence-electron chi connectivity index (χ2n) is 8.52. The van der Waals surface area contributed by atoms with E-state index in [4.69, 9.17) is 5.73 Å². The van der Waals surface area contributed by atoms with Crippen LogP contribution in [0.4, 0.5) is 8.78 Å². The highest BCUT2D eigenvalue weighted by molar-refractivity contribution is 5.94. The molecule has 0 spiro atoms. The number of carbonyl (C=O) groups is 2. The second kappa shape index (κ2) is 8.75. The fourth-order valence-corrected chi connectivity index (χ4v) is 4.67. The molecule has 4 rings (SSSR count). The lowest BCUT2D eigenvalue weighted by atomic mass is 9.91. The molecule has 2 N–H and O–H groups in total. The molecule has 7 heteroatoms. The molecule has 5 nitrogen and oxygen atoms in total. The first-order valence-electron chi connectivity index (χ1n) is 10.7. The standard InChI is InChI=1S/C24H27F2N3O2/c1-15-3-2-4-17(11-15)24(31)29-9-7-28(8-10-29)23(30)14-22(27)18-6-5-16-12-20(25)21(26)13-19(16)18/h2-4,11-13,18,22H,5-10,14,27H2,1H3. The van der Waals surface area contributed by atoms with Gasteiger partial charge in [-0.25, -0.2) is 8.78 Å². The van der Waals surface area contributed by atoms with Gasteiger partial charge in [-0.3, -0.25) is 9.59 Å². The number of hydrogen-bond donors (Lipinski definition) is 1. The third kappa shape index (κ3) is 4.46. The minimum atomic E-state index is -0.876. The van der Waals surface area contributed by atoms with Crippen molar-refractivity contribution in [3.8, 4) is 0 Å². The van der Waals surface area contributed by atoms with E-state index in [-0.39, 0.29) is 24.2 Å². The second-order valence-corrected chi connectivity index (χ2v) is 8.52. The molecular weight excluding hydrogens is 400 g/mol. The molecule has 0 radical (unpaired) electrons. The van der Waals surface area contributed by atoms with E-state index in [1.807, 2.05) is 25.1 Å². The Morgan fingerprint density at radius 2 is 1.74 bits per heavy atom. The molecule has 164 valence electrons. The van der Waals surface area contributed by atoms with Gasteiger partial charge in [0.05, 0.1) is 0 Å². The Balaban J connectivity index is 1.33. The van der Waals surface area contributed by atoms with E-state index in [9.17, 15) is 18.4 Å². The summed E-state index contributed by atoms with van der Waals surface area (Å²) < 4.78 is 27.2. The van der Waals surface area contributed by atoms with Gasteiger partial charge in [-0.1, -0.05) is 17.7 Å². The molecular formula is C24H27F2N3O2. The van der Waals surface area contributed by atoms with Gasteiger partial charge in [0.15, 0.2) is 11.6 Å². The number of nitrogens with two attached hydrogens (primary N) is 1. The maximum absolute atomic E-state index is 13.7. The monoisotopic (exact) mass is 427 g/mol. The summed E-state index contributed by atoms with van der Waals surface area (Å²) in [5.41, 5.74) is 9.51. The lowest BCUT2D eigenvalue weighted by molar-refractivity contribution is -0.133. The highest BCUT2D eigenvalue weighted by Crippen LogP contribution is 2.37. The van der Waals surface area contributed by atoms with E-state index >= 15 is 0 Å². The van der Waals surface area contributed by atoms with Gasteiger partial charge in [0.2, 0.25) is 5.91 Å². The number of carbonyl (C=O) groups excluding carboxylic acids is 2. The molecule has 1 fully saturated rings. The number of amides is 2. The third-order valence-electron chi connectivity index (χ3n) is 6.42. The van der Waals surface area contributed by atoms with Crippen molar-refractivity contribution in [2.45, 2.75) is 38.1 Å². The zero-order valence-corrected chi connectivity index (χ0v) is 17.6. The van der Waals surface area contributed by atoms with E-state index in [2.05, 4.69) is 0 Å². The van der Waals surface area contributed by atoms with Crippen molar-refractivity contribution < 1.29 is 18.4 Å².